The lowest BCUT2D eigenvalue weighted by Gasteiger charge is -2.54. The van der Waals surface area contributed by atoms with E-state index in [0.717, 1.165) is 57.8 Å². The van der Waals surface area contributed by atoms with E-state index in [0.29, 0.717) is 36.6 Å². The Labute approximate surface area is 211 Å². The van der Waals surface area contributed by atoms with E-state index < -0.39 is 5.60 Å². The number of amides is 1. The summed E-state index contributed by atoms with van der Waals surface area (Å²) in [4.78, 5) is 28.3. The van der Waals surface area contributed by atoms with E-state index in [2.05, 4.69) is 30.6 Å². The molecule has 1 aliphatic heterocycles. The number of piperidine rings is 1. The summed E-state index contributed by atoms with van der Waals surface area (Å²) >= 11 is 0. The smallest absolute Gasteiger partial charge is 0.308 e. The van der Waals surface area contributed by atoms with E-state index in [1.54, 1.807) is 0 Å². The molecule has 2 N–H and O–H groups in total. The zero-order valence-corrected chi connectivity index (χ0v) is 22.5. The molecule has 0 spiro atoms. The summed E-state index contributed by atoms with van der Waals surface area (Å²) in [5.74, 6) is 1.71. The SMILES string of the molecule is CCC1CC2CC(C)(CC(=O)N3C(C#N)CC4CC43)CC(OC(=O)CC3(NC)CC3)(C1)C2.CNC. The van der Waals surface area contributed by atoms with E-state index in [1.165, 1.54) is 6.42 Å². The highest BCUT2D eigenvalue weighted by molar-refractivity contribution is 5.79. The van der Waals surface area contributed by atoms with Crippen molar-refractivity contribution in [3.63, 3.8) is 0 Å². The maximum atomic E-state index is 13.4. The van der Waals surface area contributed by atoms with Gasteiger partial charge in [0.05, 0.1) is 12.5 Å². The van der Waals surface area contributed by atoms with Crippen LogP contribution in [-0.4, -0.2) is 61.1 Å². The number of ether oxygens (including phenoxy) is 1. The molecule has 0 radical (unpaired) electrons. The van der Waals surface area contributed by atoms with Crippen LogP contribution in [0.2, 0.25) is 0 Å². The fourth-order valence-corrected chi connectivity index (χ4v) is 7.79. The number of esters is 1. The highest BCUT2D eigenvalue weighted by Gasteiger charge is 2.57. The number of hydrogen-bond acceptors (Lipinski definition) is 6. The van der Waals surface area contributed by atoms with Crippen LogP contribution in [0.15, 0.2) is 0 Å². The first-order chi connectivity index (χ1) is 16.6. The molecule has 4 saturated carbocycles. The number of nitrogens with one attached hydrogen (secondary N) is 2. The number of nitriles is 1. The lowest BCUT2D eigenvalue weighted by atomic mass is 9.56. The molecular formula is C28H46N4O3. The number of nitrogens with zero attached hydrogens (tertiary/aromatic N) is 2. The fourth-order valence-electron chi connectivity index (χ4n) is 7.79. The quantitative estimate of drug-likeness (QED) is 0.532. The topological polar surface area (TPSA) is 94.5 Å². The first-order valence-corrected chi connectivity index (χ1v) is 13.8. The van der Waals surface area contributed by atoms with Crippen molar-refractivity contribution in [1.82, 2.24) is 15.5 Å². The van der Waals surface area contributed by atoms with Crippen LogP contribution in [0.4, 0.5) is 0 Å². The fraction of sp³-hybridized carbons (Fsp3) is 0.893. The summed E-state index contributed by atoms with van der Waals surface area (Å²) in [6.07, 6.45) is 10.9. The molecule has 1 amide bonds. The molecule has 7 unspecified atom stereocenters. The number of carbonyl (C=O) groups is 2. The molecule has 0 aromatic carbocycles. The number of fused-ring (bicyclic) bond motifs is 3. The predicted octanol–water partition coefficient (Wildman–Crippen LogP) is 3.78. The van der Waals surface area contributed by atoms with Crippen molar-refractivity contribution in [3.05, 3.63) is 0 Å². The summed E-state index contributed by atoms with van der Waals surface area (Å²) in [7, 11) is 5.68. The lowest BCUT2D eigenvalue weighted by Crippen LogP contribution is -2.53. The van der Waals surface area contributed by atoms with E-state index in [1.807, 2.05) is 26.0 Å². The van der Waals surface area contributed by atoms with Crippen molar-refractivity contribution < 1.29 is 14.3 Å². The Morgan fingerprint density at radius 1 is 1.09 bits per heavy atom. The zero-order chi connectivity index (χ0) is 25.4. The second-order valence-electron chi connectivity index (χ2n) is 12.8. The molecule has 35 heavy (non-hydrogen) atoms. The van der Waals surface area contributed by atoms with Gasteiger partial charge in [-0.2, -0.15) is 5.26 Å². The van der Waals surface area contributed by atoms with Gasteiger partial charge in [-0.1, -0.05) is 20.3 Å². The summed E-state index contributed by atoms with van der Waals surface area (Å²) in [6, 6.07) is 2.41. The van der Waals surface area contributed by atoms with Gasteiger partial charge in [0.1, 0.15) is 11.6 Å². The summed E-state index contributed by atoms with van der Waals surface area (Å²) < 4.78 is 6.38. The third kappa shape index (κ3) is 5.69. The van der Waals surface area contributed by atoms with Crippen LogP contribution in [0.25, 0.3) is 0 Å². The number of hydrogen-bond donors (Lipinski definition) is 2. The molecule has 7 atom stereocenters. The summed E-state index contributed by atoms with van der Waals surface area (Å²) in [6.45, 7) is 4.47. The molecular weight excluding hydrogens is 440 g/mol. The van der Waals surface area contributed by atoms with Gasteiger partial charge in [-0.3, -0.25) is 9.59 Å². The van der Waals surface area contributed by atoms with Crippen LogP contribution in [0.1, 0.15) is 90.9 Å². The Morgan fingerprint density at radius 3 is 2.40 bits per heavy atom. The average molecular weight is 487 g/mol. The molecule has 5 fully saturated rings. The summed E-state index contributed by atoms with van der Waals surface area (Å²) in [5.41, 5.74) is -0.658. The van der Waals surface area contributed by atoms with Crippen molar-refractivity contribution in [2.75, 3.05) is 21.1 Å². The Morgan fingerprint density at radius 2 is 1.80 bits per heavy atom. The lowest BCUT2D eigenvalue weighted by molar-refractivity contribution is -0.184. The molecule has 1 heterocycles. The number of likely N-dealkylation sites (tertiary alicyclic amines) is 1. The first kappa shape index (κ1) is 26.4. The maximum Gasteiger partial charge on any atom is 0.308 e. The highest BCUT2D eigenvalue weighted by atomic mass is 16.6. The van der Waals surface area contributed by atoms with Gasteiger partial charge in [-0.15, -0.1) is 0 Å². The maximum absolute atomic E-state index is 13.4. The van der Waals surface area contributed by atoms with Crippen LogP contribution < -0.4 is 10.6 Å². The van der Waals surface area contributed by atoms with Crippen LogP contribution in [0.3, 0.4) is 0 Å². The Hall–Kier alpha value is -1.65. The largest absolute Gasteiger partial charge is 0.459 e. The Kier molecular flexibility index (Phi) is 7.56. The van der Waals surface area contributed by atoms with Crippen molar-refractivity contribution >= 4 is 11.9 Å². The minimum atomic E-state index is -0.431. The van der Waals surface area contributed by atoms with Gasteiger partial charge in [0.15, 0.2) is 0 Å². The first-order valence-electron chi connectivity index (χ1n) is 13.8. The van der Waals surface area contributed by atoms with Crippen LogP contribution in [0, 0.1) is 34.5 Å². The number of carbonyl (C=O) groups excluding carboxylic acids is 2. The van der Waals surface area contributed by atoms with E-state index >= 15 is 0 Å². The van der Waals surface area contributed by atoms with Crippen LogP contribution in [0.5, 0.6) is 0 Å². The van der Waals surface area contributed by atoms with Gasteiger partial charge >= 0.3 is 5.97 Å². The highest BCUT2D eigenvalue weighted by Crippen LogP contribution is 2.57. The molecule has 5 aliphatic rings. The van der Waals surface area contributed by atoms with Crippen molar-refractivity contribution in [2.24, 2.45) is 23.2 Å². The molecule has 1 saturated heterocycles. The van der Waals surface area contributed by atoms with E-state index in [9.17, 15) is 14.9 Å². The second kappa shape index (κ2) is 10.0. The normalized spacial score (nSPS) is 40.0. The molecule has 5 rings (SSSR count). The zero-order valence-electron chi connectivity index (χ0n) is 22.5. The van der Waals surface area contributed by atoms with Crippen molar-refractivity contribution in [3.8, 4) is 6.07 Å². The molecule has 7 nitrogen and oxygen atoms in total. The van der Waals surface area contributed by atoms with Gasteiger partial charge in [0.25, 0.3) is 0 Å². The van der Waals surface area contributed by atoms with E-state index in [4.69, 9.17) is 4.74 Å². The van der Waals surface area contributed by atoms with E-state index in [-0.39, 0.29) is 28.9 Å². The van der Waals surface area contributed by atoms with Crippen molar-refractivity contribution in [2.45, 2.75) is 114 Å². The Balaban J connectivity index is 0.000000917. The third-order valence-electron chi connectivity index (χ3n) is 9.41. The Bertz CT molecular complexity index is 852. The van der Waals surface area contributed by atoms with Gasteiger partial charge in [-0.25, -0.2) is 0 Å². The van der Waals surface area contributed by atoms with Crippen LogP contribution >= 0.6 is 0 Å². The van der Waals surface area contributed by atoms with Gasteiger partial charge in [0, 0.05) is 18.0 Å². The molecule has 7 heteroatoms. The molecule has 0 aromatic heterocycles. The third-order valence-corrected chi connectivity index (χ3v) is 9.41. The average Bonchev–Trinajstić information content (AvgIpc) is 3.70. The standard InChI is InChI=1S/C26H39N3O3.C2H7N/c1-4-17-7-18-10-24(2,13-22(30)29-20(15-27)8-19-9-21(19)29)16-26(11-17,12-18)32-23(31)14-25(28-3)5-6-25;1-3-2/h17-21,28H,4-14,16H2,1-3H3;3H,1-2H3. The van der Waals surface area contributed by atoms with Crippen LogP contribution in [-0.2, 0) is 14.3 Å². The molecule has 0 aromatic rings. The van der Waals surface area contributed by atoms with Gasteiger partial charge < -0.3 is 20.3 Å². The molecule has 196 valence electrons. The second-order valence-corrected chi connectivity index (χ2v) is 12.8. The van der Waals surface area contributed by atoms with Crippen molar-refractivity contribution in [1.29, 1.82) is 5.26 Å². The predicted molar refractivity (Wildman–Crippen MR) is 135 cm³/mol. The van der Waals surface area contributed by atoms with Gasteiger partial charge in [-0.05, 0) is 102 Å². The van der Waals surface area contributed by atoms with Gasteiger partial charge in [0.2, 0.25) is 5.91 Å². The number of rotatable bonds is 7. The molecule has 2 bridgehead atoms. The minimum Gasteiger partial charge on any atom is -0.459 e. The molecule has 4 aliphatic carbocycles. The summed E-state index contributed by atoms with van der Waals surface area (Å²) in [5, 5.41) is 15.6. The minimum absolute atomic E-state index is 0.0528. The monoisotopic (exact) mass is 486 g/mol.